The van der Waals surface area contributed by atoms with E-state index >= 15 is 0 Å². The van der Waals surface area contributed by atoms with E-state index in [1.54, 1.807) is 0 Å². The van der Waals surface area contributed by atoms with E-state index in [-0.39, 0.29) is 0 Å². The Labute approximate surface area is 81.7 Å². The predicted molar refractivity (Wildman–Crippen MR) is 53.0 cm³/mol. The van der Waals surface area contributed by atoms with E-state index in [1.807, 2.05) is 12.1 Å². The summed E-state index contributed by atoms with van der Waals surface area (Å²) < 4.78 is 6.20. The molecule has 68 valence electrons. The Kier molecular flexibility index (Phi) is 3.82. The van der Waals surface area contributed by atoms with Gasteiger partial charge in [0.1, 0.15) is 5.76 Å². The number of halogens is 1. The van der Waals surface area contributed by atoms with E-state index in [9.17, 15) is 0 Å². The summed E-state index contributed by atoms with van der Waals surface area (Å²) in [7, 11) is 0. The van der Waals surface area contributed by atoms with E-state index in [1.165, 1.54) is 0 Å². The van der Waals surface area contributed by atoms with Gasteiger partial charge in [-0.15, -0.1) is 0 Å². The molecule has 3 heteroatoms. The van der Waals surface area contributed by atoms with Crippen LogP contribution in [0.25, 0.3) is 0 Å². The Morgan fingerprint density at radius 1 is 1.33 bits per heavy atom. The molecule has 0 N–H and O–H groups in total. The summed E-state index contributed by atoms with van der Waals surface area (Å²) in [5.74, 6) is 1.02. The van der Waals surface area contributed by atoms with Crippen LogP contribution in [0.15, 0.2) is 21.2 Å². The van der Waals surface area contributed by atoms with Crippen LogP contribution in [0, 0.1) is 0 Å². The molecule has 0 aromatic carbocycles. The number of furan rings is 1. The van der Waals surface area contributed by atoms with Gasteiger partial charge in [-0.25, -0.2) is 0 Å². The highest BCUT2D eigenvalue weighted by atomic mass is 79.9. The van der Waals surface area contributed by atoms with Crippen molar-refractivity contribution in [2.24, 2.45) is 0 Å². The number of rotatable bonds is 4. The second-order valence-electron chi connectivity index (χ2n) is 2.67. The molecule has 0 amide bonds. The number of hydrogen-bond acceptors (Lipinski definition) is 2. The van der Waals surface area contributed by atoms with Crippen molar-refractivity contribution in [1.29, 1.82) is 0 Å². The third kappa shape index (κ3) is 2.64. The van der Waals surface area contributed by atoms with Crippen LogP contribution in [0.3, 0.4) is 0 Å². The van der Waals surface area contributed by atoms with Crippen LogP contribution in [0.4, 0.5) is 0 Å². The lowest BCUT2D eigenvalue weighted by atomic mass is 10.4. The molecule has 0 unspecified atom stereocenters. The Morgan fingerprint density at radius 2 is 2.00 bits per heavy atom. The highest BCUT2D eigenvalue weighted by molar-refractivity contribution is 9.10. The van der Waals surface area contributed by atoms with Crippen LogP contribution in [-0.2, 0) is 6.54 Å². The van der Waals surface area contributed by atoms with Crippen molar-refractivity contribution in [2.75, 3.05) is 13.1 Å². The highest BCUT2D eigenvalue weighted by Gasteiger charge is 2.03. The maximum absolute atomic E-state index is 5.39. The summed E-state index contributed by atoms with van der Waals surface area (Å²) in [6.45, 7) is 7.34. The van der Waals surface area contributed by atoms with Crippen molar-refractivity contribution in [2.45, 2.75) is 20.4 Å². The quantitative estimate of drug-likeness (QED) is 0.793. The summed E-state index contributed by atoms with van der Waals surface area (Å²) in [6, 6.07) is 3.93. The standard InChI is InChI=1S/C9H14BrNO/c1-3-11(4-2)7-8-5-6-9(10)12-8/h5-6H,3-4,7H2,1-2H3. The molecule has 1 rings (SSSR count). The Morgan fingerprint density at radius 3 is 2.42 bits per heavy atom. The minimum atomic E-state index is 0.810. The smallest absolute Gasteiger partial charge is 0.169 e. The van der Waals surface area contributed by atoms with E-state index in [0.717, 1.165) is 30.1 Å². The molecule has 0 spiro atoms. The minimum Gasteiger partial charge on any atom is -0.453 e. The van der Waals surface area contributed by atoms with Crippen LogP contribution in [0.1, 0.15) is 19.6 Å². The van der Waals surface area contributed by atoms with Crippen LogP contribution in [0.2, 0.25) is 0 Å². The van der Waals surface area contributed by atoms with Crippen LogP contribution >= 0.6 is 15.9 Å². The maximum atomic E-state index is 5.39. The largest absolute Gasteiger partial charge is 0.453 e. The lowest BCUT2D eigenvalue weighted by molar-refractivity contribution is 0.267. The third-order valence-electron chi connectivity index (χ3n) is 1.90. The second kappa shape index (κ2) is 4.67. The summed E-state index contributed by atoms with van der Waals surface area (Å²) >= 11 is 3.28. The molecule has 1 heterocycles. The topological polar surface area (TPSA) is 16.4 Å². The first-order valence-corrected chi connectivity index (χ1v) is 5.02. The maximum Gasteiger partial charge on any atom is 0.169 e. The first-order chi connectivity index (χ1) is 5.76. The van der Waals surface area contributed by atoms with Gasteiger partial charge < -0.3 is 4.42 Å². The van der Waals surface area contributed by atoms with Crippen molar-refractivity contribution in [3.8, 4) is 0 Å². The van der Waals surface area contributed by atoms with Crippen molar-refractivity contribution in [1.82, 2.24) is 4.90 Å². The zero-order valence-electron chi connectivity index (χ0n) is 7.51. The molecular weight excluding hydrogens is 218 g/mol. The Bertz CT molecular complexity index is 230. The molecule has 0 fully saturated rings. The van der Waals surface area contributed by atoms with Gasteiger partial charge in [0, 0.05) is 0 Å². The van der Waals surface area contributed by atoms with Crippen molar-refractivity contribution in [3.63, 3.8) is 0 Å². The first-order valence-electron chi connectivity index (χ1n) is 4.22. The SMILES string of the molecule is CCN(CC)Cc1ccc(Br)o1. The fraction of sp³-hybridized carbons (Fsp3) is 0.556. The molecular formula is C9H14BrNO. The van der Waals surface area contributed by atoms with Gasteiger partial charge in [-0.3, -0.25) is 4.90 Å². The van der Waals surface area contributed by atoms with Crippen molar-refractivity contribution < 1.29 is 4.42 Å². The van der Waals surface area contributed by atoms with Gasteiger partial charge in [0.15, 0.2) is 4.67 Å². The van der Waals surface area contributed by atoms with E-state index in [2.05, 4.69) is 34.7 Å². The van der Waals surface area contributed by atoms with Gasteiger partial charge in [0.05, 0.1) is 6.54 Å². The van der Waals surface area contributed by atoms with E-state index in [4.69, 9.17) is 4.42 Å². The van der Waals surface area contributed by atoms with Gasteiger partial charge in [-0.2, -0.15) is 0 Å². The zero-order chi connectivity index (χ0) is 8.97. The molecule has 0 radical (unpaired) electrons. The van der Waals surface area contributed by atoms with E-state index in [0.29, 0.717) is 0 Å². The monoisotopic (exact) mass is 231 g/mol. The highest BCUT2D eigenvalue weighted by Crippen LogP contribution is 2.15. The van der Waals surface area contributed by atoms with Gasteiger partial charge >= 0.3 is 0 Å². The fourth-order valence-electron chi connectivity index (χ4n) is 1.10. The first kappa shape index (κ1) is 9.81. The fourth-order valence-corrected chi connectivity index (χ4v) is 1.44. The zero-order valence-corrected chi connectivity index (χ0v) is 9.10. The molecule has 0 saturated carbocycles. The van der Waals surface area contributed by atoms with E-state index < -0.39 is 0 Å². The lowest BCUT2D eigenvalue weighted by Gasteiger charge is -2.15. The molecule has 1 aromatic heterocycles. The molecule has 0 saturated heterocycles. The van der Waals surface area contributed by atoms with Gasteiger partial charge in [0.25, 0.3) is 0 Å². The molecule has 0 aliphatic heterocycles. The lowest BCUT2D eigenvalue weighted by Crippen LogP contribution is -2.21. The van der Waals surface area contributed by atoms with Crippen molar-refractivity contribution in [3.05, 3.63) is 22.6 Å². The van der Waals surface area contributed by atoms with Gasteiger partial charge in [0.2, 0.25) is 0 Å². The van der Waals surface area contributed by atoms with Gasteiger partial charge in [-0.05, 0) is 41.2 Å². The van der Waals surface area contributed by atoms with Crippen LogP contribution in [-0.4, -0.2) is 18.0 Å². The molecule has 0 aliphatic rings. The van der Waals surface area contributed by atoms with Crippen LogP contribution < -0.4 is 0 Å². The van der Waals surface area contributed by atoms with Crippen molar-refractivity contribution >= 4 is 15.9 Å². The van der Waals surface area contributed by atoms with Crippen LogP contribution in [0.5, 0.6) is 0 Å². The Balaban J connectivity index is 2.50. The summed E-state index contributed by atoms with van der Waals surface area (Å²) in [6.07, 6.45) is 0. The summed E-state index contributed by atoms with van der Waals surface area (Å²) in [5.41, 5.74) is 0. The second-order valence-corrected chi connectivity index (χ2v) is 3.45. The summed E-state index contributed by atoms with van der Waals surface area (Å²) in [5, 5.41) is 0. The summed E-state index contributed by atoms with van der Waals surface area (Å²) in [4.78, 5) is 2.31. The van der Waals surface area contributed by atoms with Gasteiger partial charge in [-0.1, -0.05) is 13.8 Å². The third-order valence-corrected chi connectivity index (χ3v) is 2.33. The molecule has 2 nitrogen and oxygen atoms in total. The average molecular weight is 232 g/mol. The molecule has 12 heavy (non-hydrogen) atoms. The normalized spacial score (nSPS) is 11.0. The number of hydrogen-bond donors (Lipinski definition) is 0. The average Bonchev–Trinajstić information content (AvgIpc) is 2.47. The minimum absolute atomic E-state index is 0.810. The number of nitrogens with zero attached hydrogens (tertiary/aromatic N) is 1. The molecule has 0 aliphatic carbocycles. The Hall–Kier alpha value is -0.280. The molecule has 1 aromatic rings. The molecule has 0 atom stereocenters. The predicted octanol–water partition coefficient (Wildman–Crippen LogP) is 2.88. The molecule has 0 bridgehead atoms.